The summed E-state index contributed by atoms with van der Waals surface area (Å²) in [6.45, 7) is 0. The van der Waals surface area contributed by atoms with Gasteiger partial charge in [0.25, 0.3) is 10.0 Å². The number of hydrogen-bond donors (Lipinski definition) is 1. The van der Waals surface area contributed by atoms with Crippen molar-refractivity contribution < 1.29 is 8.42 Å². The number of rotatable bonds is 5. The Labute approximate surface area is 176 Å². The van der Waals surface area contributed by atoms with Crippen LogP contribution in [0.5, 0.6) is 0 Å². The van der Waals surface area contributed by atoms with Crippen molar-refractivity contribution >= 4 is 32.7 Å². The summed E-state index contributed by atoms with van der Waals surface area (Å²) in [5, 5.41) is 15.1. The van der Waals surface area contributed by atoms with Crippen molar-refractivity contribution in [3.05, 3.63) is 84.2 Å². The zero-order valence-corrected chi connectivity index (χ0v) is 17.1. The molecule has 0 spiro atoms. The summed E-state index contributed by atoms with van der Waals surface area (Å²) < 4.78 is 29.3. The Hall–Kier alpha value is -3.56. The Morgan fingerprint density at radius 2 is 1.63 bits per heavy atom. The van der Waals surface area contributed by atoms with Gasteiger partial charge >= 0.3 is 0 Å². The molecule has 1 N–H and O–H groups in total. The highest BCUT2D eigenvalue weighted by Crippen LogP contribution is 2.25. The summed E-state index contributed by atoms with van der Waals surface area (Å²) in [7, 11) is -3.63. The molecule has 0 amide bonds. The lowest BCUT2D eigenvalue weighted by molar-refractivity contribution is 0.601. The molecule has 0 bridgehead atoms. The van der Waals surface area contributed by atoms with Crippen LogP contribution < -0.4 is 4.72 Å². The van der Waals surface area contributed by atoms with Gasteiger partial charge < -0.3 is 0 Å². The third kappa shape index (κ3) is 3.44. The van der Waals surface area contributed by atoms with Crippen LogP contribution in [0.15, 0.2) is 89.1 Å². The summed E-state index contributed by atoms with van der Waals surface area (Å²) in [6, 6.07) is 23.0. The molecule has 9 heteroatoms. The first-order valence-corrected chi connectivity index (χ1v) is 11.4. The first-order valence-electron chi connectivity index (χ1n) is 9.05. The number of hydrogen-bond acceptors (Lipinski definition) is 6. The molecule has 7 nitrogen and oxygen atoms in total. The Bertz CT molecular complexity index is 1410. The minimum absolute atomic E-state index is 0.218. The second-order valence-electron chi connectivity index (χ2n) is 6.49. The van der Waals surface area contributed by atoms with E-state index in [1.54, 1.807) is 58.3 Å². The van der Waals surface area contributed by atoms with E-state index in [1.165, 1.54) is 0 Å². The smallest absolute Gasteiger partial charge is 0.261 e. The molecule has 0 saturated carbocycles. The summed E-state index contributed by atoms with van der Waals surface area (Å²) >= 11 is 1.57. The van der Waals surface area contributed by atoms with Crippen molar-refractivity contribution in [2.75, 3.05) is 4.72 Å². The molecule has 3 aromatic heterocycles. The van der Waals surface area contributed by atoms with E-state index in [2.05, 4.69) is 20.0 Å². The van der Waals surface area contributed by atoms with Gasteiger partial charge in [0.05, 0.1) is 15.5 Å². The average Bonchev–Trinajstić information content (AvgIpc) is 3.44. The molecular weight excluding hydrogens is 418 g/mol. The number of benzene rings is 2. The first kappa shape index (κ1) is 18.5. The SMILES string of the molecule is O=S(=O)(Nc1ccc(-c2ccc3nnc(-c4cccs4)n3n2)cc1)c1ccccc1. The Morgan fingerprint density at radius 3 is 2.37 bits per heavy atom. The Balaban J connectivity index is 1.44. The van der Waals surface area contributed by atoms with Crippen molar-refractivity contribution in [3.63, 3.8) is 0 Å². The van der Waals surface area contributed by atoms with E-state index >= 15 is 0 Å². The maximum atomic E-state index is 12.5. The molecule has 5 rings (SSSR count). The van der Waals surface area contributed by atoms with E-state index < -0.39 is 10.0 Å². The fourth-order valence-electron chi connectivity index (χ4n) is 3.03. The van der Waals surface area contributed by atoms with Gasteiger partial charge in [-0.3, -0.25) is 4.72 Å². The van der Waals surface area contributed by atoms with Crippen molar-refractivity contribution in [3.8, 4) is 22.0 Å². The highest BCUT2D eigenvalue weighted by atomic mass is 32.2. The number of thiophene rings is 1. The third-order valence-electron chi connectivity index (χ3n) is 4.49. The van der Waals surface area contributed by atoms with E-state index in [0.29, 0.717) is 17.2 Å². The van der Waals surface area contributed by atoms with Crippen LogP contribution >= 0.6 is 11.3 Å². The Morgan fingerprint density at radius 1 is 0.833 bits per heavy atom. The minimum Gasteiger partial charge on any atom is -0.280 e. The molecule has 148 valence electrons. The number of aromatic nitrogens is 4. The normalized spacial score (nSPS) is 11.6. The quantitative estimate of drug-likeness (QED) is 0.446. The predicted octanol–water partition coefficient (Wildman–Crippen LogP) is 4.32. The highest BCUT2D eigenvalue weighted by Gasteiger charge is 2.14. The van der Waals surface area contributed by atoms with Crippen LogP contribution in [0.3, 0.4) is 0 Å². The summed E-state index contributed by atoms with van der Waals surface area (Å²) in [4.78, 5) is 1.20. The summed E-state index contributed by atoms with van der Waals surface area (Å²) in [6.07, 6.45) is 0. The number of nitrogens with one attached hydrogen (secondary N) is 1. The molecule has 0 fully saturated rings. The monoisotopic (exact) mass is 433 g/mol. The van der Waals surface area contributed by atoms with Crippen LogP contribution in [0, 0.1) is 0 Å². The highest BCUT2D eigenvalue weighted by molar-refractivity contribution is 7.92. The molecular formula is C21H15N5O2S2. The van der Waals surface area contributed by atoms with Gasteiger partial charge in [0.15, 0.2) is 11.5 Å². The van der Waals surface area contributed by atoms with Crippen molar-refractivity contribution in [1.29, 1.82) is 0 Å². The number of nitrogens with zero attached hydrogens (tertiary/aromatic N) is 4. The third-order valence-corrected chi connectivity index (χ3v) is 6.75. The maximum Gasteiger partial charge on any atom is 0.261 e. The zero-order valence-electron chi connectivity index (χ0n) is 15.5. The lowest BCUT2D eigenvalue weighted by Gasteiger charge is -2.09. The van der Waals surface area contributed by atoms with E-state index in [4.69, 9.17) is 0 Å². The second-order valence-corrected chi connectivity index (χ2v) is 9.12. The first-order chi connectivity index (χ1) is 14.6. The average molecular weight is 434 g/mol. The van der Waals surface area contributed by atoms with Gasteiger partial charge in [-0.2, -0.15) is 9.61 Å². The minimum atomic E-state index is -3.63. The van der Waals surface area contributed by atoms with Gasteiger partial charge in [-0.25, -0.2) is 8.42 Å². The predicted molar refractivity (Wildman–Crippen MR) is 117 cm³/mol. The lowest BCUT2D eigenvalue weighted by Crippen LogP contribution is -2.12. The van der Waals surface area contributed by atoms with E-state index in [0.717, 1.165) is 16.1 Å². The van der Waals surface area contributed by atoms with Crippen molar-refractivity contribution in [1.82, 2.24) is 19.8 Å². The molecule has 0 unspecified atom stereocenters. The van der Waals surface area contributed by atoms with Crippen LogP contribution in [0.4, 0.5) is 5.69 Å². The summed E-state index contributed by atoms with van der Waals surface area (Å²) in [5.41, 5.74) is 2.73. The molecule has 0 aliphatic heterocycles. The molecule has 0 aliphatic carbocycles. The van der Waals surface area contributed by atoms with Crippen LogP contribution in [0.25, 0.3) is 27.6 Å². The van der Waals surface area contributed by atoms with Gasteiger partial charge in [0.2, 0.25) is 0 Å². The van der Waals surface area contributed by atoms with Gasteiger partial charge in [0.1, 0.15) is 0 Å². The molecule has 3 heterocycles. The van der Waals surface area contributed by atoms with E-state index in [1.807, 2.05) is 41.8 Å². The molecule has 0 atom stereocenters. The van der Waals surface area contributed by atoms with E-state index in [-0.39, 0.29) is 4.90 Å². The van der Waals surface area contributed by atoms with Gasteiger partial charge in [-0.1, -0.05) is 36.4 Å². The van der Waals surface area contributed by atoms with Gasteiger partial charge in [-0.15, -0.1) is 21.5 Å². The van der Waals surface area contributed by atoms with Crippen LogP contribution in [0.2, 0.25) is 0 Å². The van der Waals surface area contributed by atoms with Crippen molar-refractivity contribution in [2.45, 2.75) is 4.90 Å². The lowest BCUT2D eigenvalue weighted by atomic mass is 10.1. The van der Waals surface area contributed by atoms with Crippen LogP contribution in [0.1, 0.15) is 0 Å². The topological polar surface area (TPSA) is 89.2 Å². The largest absolute Gasteiger partial charge is 0.280 e. The fourth-order valence-corrected chi connectivity index (χ4v) is 4.80. The number of fused-ring (bicyclic) bond motifs is 1. The molecule has 0 radical (unpaired) electrons. The van der Waals surface area contributed by atoms with E-state index in [9.17, 15) is 8.42 Å². The molecule has 0 aliphatic rings. The molecule has 2 aromatic carbocycles. The standard InChI is InChI=1S/C21H15N5O2S2/c27-30(28,17-5-2-1-3-6-17)25-16-10-8-15(9-11-16)18-12-13-20-22-23-21(26(20)24-18)19-7-4-14-29-19/h1-14,25H. The fraction of sp³-hybridized carbons (Fsp3) is 0. The van der Waals surface area contributed by atoms with Crippen LogP contribution in [-0.4, -0.2) is 28.2 Å². The maximum absolute atomic E-state index is 12.5. The zero-order chi connectivity index (χ0) is 20.6. The molecule has 5 aromatic rings. The molecule has 0 saturated heterocycles. The number of anilines is 1. The number of sulfonamides is 1. The second kappa shape index (κ2) is 7.36. The van der Waals surface area contributed by atoms with Gasteiger partial charge in [-0.05, 0) is 47.8 Å². The summed E-state index contributed by atoms with van der Waals surface area (Å²) in [5.74, 6) is 0.689. The van der Waals surface area contributed by atoms with Crippen molar-refractivity contribution in [2.24, 2.45) is 0 Å². The molecule has 30 heavy (non-hydrogen) atoms. The van der Waals surface area contributed by atoms with Crippen LogP contribution in [-0.2, 0) is 10.0 Å². The Kier molecular flexibility index (Phi) is 4.53. The van der Waals surface area contributed by atoms with Gasteiger partial charge in [0, 0.05) is 11.3 Å².